The fraction of sp³-hybridized carbons (Fsp3) is 0.214. The number of hydrogen-bond acceptors (Lipinski definition) is 2. The molecular formula is C14H13BrN2. The standard InChI is InChI=1S/C14H13BrN2/c15-14-8-6-11(9-16-14)17-13-7-5-10-3-1-2-4-12(10)13/h1-4,6,8-9,13,17H,5,7H2. The highest BCUT2D eigenvalue weighted by atomic mass is 79.9. The highest BCUT2D eigenvalue weighted by Gasteiger charge is 2.21. The van der Waals surface area contributed by atoms with Crippen molar-refractivity contribution in [3.05, 3.63) is 58.3 Å². The molecule has 3 rings (SSSR count). The monoisotopic (exact) mass is 288 g/mol. The minimum absolute atomic E-state index is 0.425. The molecule has 1 N–H and O–H groups in total. The maximum absolute atomic E-state index is 4.23. The van der Waals surface area contributed by atoms with E-state index in [0.29, 0.717) is 6.04 Å². The van der Waals surface area contributed by atoms with E-state index < -0.39 is 0 Å². The van der Waals surface area contributed by atoms with Crippen LogP contribution in [0, 0.1) is 0 Å². The Labute approximate surface area is 109 Å². The predicted octanol–water partition coefficient (Wildman–Crippen LogP) is 3.94. The van der Waals surface area contributed by atoms with Gasteiger partial charge < -0.3 is 5.32 Å². The van der Waals surface area contributed by atoms with Crippen molar-refractivity contribution < 1.29 is 0 Å². The summed E-state index contributed by atoms with van der Waals surface area (Å²) >= 11 is 3.35. The Balaban J connectivity index is 1.81. The van der Waals surface area contributed by atoms with Crippen molar-refractivity contribution in [3.8, 4) is 0 Å². The number of halogens is 1. The molecule has 0 saturated heterocycles. The second-order valence-corrected chi connectivity index (χ2v) is 5.12. The molecule has 1 unspecified atom stereocenters. The summed E-state index contributed by atoms with van der Waals surface area (Å²) in [6.07, 6.45) is 4.19. The van der Waals surface area contributed by atoms with Gasteiger partial charge in [0.2, 0.25) is 0 Å². The molecule has 0 amide bonds. The average molecular weight is 289 g/mol. The molecule has 2 nitrogen and oxygen atoms in total. The Morgan fingerprint density at radius 3 is 2.88 bits per heavy atom. The number of anilines is 1. The molecule has 1 aliphatic carbocycles. The summed E-state index contributed by atoms with van der Waals surface area (Å²) in [7, 11) is 0. The van der Waals surface area contributed by atoms with Gasteiger partial charge in [0.25, 0.3) is 0 Å². The van der Waals surface area contributed by atoms with E-state index in [1.54, 1.807) is 0 Å². The van der Waals surface area contributed by atoms with Crippen molar-refractivity contribution in [2.75, 3.05) is 5.32 Å². The van der Waals surface area contributed by atoms with Crippen LogP contribution in [0.1, 0.15) is 23.6 Å². The van der Waals surface area contributed by atoms with Crippen molar-refractivity contribution in [3.63, 3.8) is 0 Å². The van der Waals surface area contributed by atoms with E-state index in [2.05, 4.69) is 56.6 Å². The third-order valence-corrected chi connectivity index (χ3v) is 3.67. The number of fused-ring (bicyclic) bond motifs is 1. The normalized spacial score (nSPS) is 17.8. The molecule has 86 valence electrons. The Bertz CT molecular complexity index is 522. The van der Waals surface area contributed by atoms with Crippen LogP contribution in [-0.4, -0.2) is 4.98 Å². The van der Waals surface area contributed by atoms with E-state index >= 15 is 0 Å². The quantitative estimate of drug-likeness (QED) is 0.847. The number of rotatable bonds is 2. The van der Waals surface area contributed by atoms with Crippen LogP contribution < -0.4 is 5.32 Å². The number of nitrogens with one attached hydrogen (secondary N) is 1. The lowest BCUT2D eigenvalue weighted by Crippen LogP contribution is -2.07. The second-order valence-electron chi connectivity index (χ2n) is 4.30. The van der Waals surface area contributed by atoms with Gasteiger partial charge in [0.05, 0.1) is 17.9 Å². The molecule has 0 bridgehead atoms. The van der Waals surface area contributed by atoms with Gasteiger partial charge in [-0.05, 0) is 52.0 Å². The van der Waals surface area contributed by atoms with E-state index in [0.717, 1.165) is 23.1 Å². The summed E-state index contributed by atoms with van der Waals surface area (Å²) in [6.45, 7) is 0. The molecule has 1 atom stereocenters. The number of nitrogens with zero attached hydrogens (tertiary/aromatic N) is 1. The molecule has 0 fully saturated rings. The molecule has 1 aliphatic rings. The van der Waals surface area contributed by atoms with E-state index in [1.165, 1.54) is 11.1 Å². The fourth-order valence-electron chi connectivity index (χ4n) is 2.37. The van der Waals surface area contributed by atoms with Crippen LogP contribution in [0.15, 0.2) is 47.2 Å². The SMILES string of the molecule is Brc1ccc(NC2CCc3ccccc32)cn1. The van der Waals surface area contributed by atoms with Crippen LogP contribution in [-0.2, 0) is 6.42 Å². The van der Waals surface area contributed by atoms with Crippen LogP contribution in [0.25, 0.3) is 0 Å². The van der Waals surface area contributed by atoms with Gasteiger partial charge in [0.15, 0.2) is 0 Å². The number of pyridine rings is 1. The minimum atomic E-state index is 0.425. The number of benzene rings is 1. The topological polar surface area (TPSA) is 24.9 Å². The lowest BCUT2D eigenvalue weighted by Gasteiger charge is -2.15. The van der Waals surface area contributed by atoms with Crippen molar-refractivity contribution in [2.45, 2.75) is 18.9 Å². The number of aromatic nitrogens is 1. The third-order valence-electron chi connectivity index (χ3n) is 3.20. The minimum Gasteiger partial charge on any atom is -0.377 e. The fourth-order valence-corrected chi connectivity index (χ4v) is 2.60. The number of aryl methyl sites for hydroxylation is 1. The molecule has 17 heavy (non-hydrogen) atoms. The van der Waals surface area contributed by atoms with Gasteiger partial charge in [-0.15, -0.1) is 0 Å². The highest BCUT2D eigenvalue weighted by molar-refractivity contribution is 9.10. The zero-order valence-electron chi connectivity index (χ0n) is 9.36. The van der Waals surface area contributed by atoms with Gasteiger partial charge in [-0.1, -0.05) is 24.3 Å². The predicted molar refractivity (Wildman–Crippen MR) is 73.1 cm³/mol. The lowest BCUT2D eigenvalue weighted by molar-refractivity contribution is 0.761. The van der Waals surface area contributed by atoms with Crippen molar-refractivity contribution in [2.24, 2.45) is 0 Å². The van der Waals surface area contributed by atoms with Crippen LogP contribution in [0.4, 0.5) is 5.69 Å². The van der Waals surface area contributed by atoms with E-state index in [1.807, 2.05) is 12.3 Å². The Kier molecular flexibility index (Phi) is 2.85. The molecule has 3 heteroatoms. The average Bonchev–Trinajstić information content (AvgIpc) is 2.76. The van der Waals surface area contributed by atoms with Crippen LogP contribution in [0.3, 0.4) is 0 Å². The molecule has 1 aromatic carbocycles. The van der Waals surface area contributed by atoms with Gasteiger partial charge in [-0.25, -0.2) is 4.98 Å². The number of hydrogen-bond donors (Lipinski definition) is 1. The third kappa shape index (κ3) is 2.20. The molecule has 0 radical (unpaired) electrons. The van der Waals surface area contributed by atoms with E-state index in [4.69, 9.17) is 0 Å². The van der Waals surface area contributed by atoms with Gasteiger partial charge in [-0.2, -0.15) is 0 Å². The molecule has 2 aromatic rings. The molecule has 0 spiro atoms. The molecular weight excluding hydrogens is 276 g/mol. The highest BCUT2D eigenvalue weighted by Crippen LogP contribution is 2.33. The first-order chi connectivity index (χ1) is 8.33. The first kappa shape index (κ1) is 10.8. The largest absolute Gasteiger partial charge is 0.377 e. The van der Waals surface area contributed by atoms with Crippen molar-refractivity contribution >= 4 is 21.6 Å². The summed E-state index contributed by atoms with van der Waals surface area (Å²) in [5, 5.41) is 3.54. The van der Waals surface area contributed by atoms with E-state index in [-0.39, 0.29) is 0 Å². The maximum Gasteiger partial charge on any atom is 0.106 e. The summed E-state index contributed by atoms with van der Waals surface area (Å²) < 4.78 is 0.870. The molecule has 0 saturated carbocycles. The summed E-state index contributed by atoms with van der Waals surface area (Å²) in [5.41, 5.74) is 3.97. The van der Waals surface area contributed by atoms with Gasteiger partial charge in [0.1, 0.15) is 4.60 Å². The Morgan fingerprint density at radius 1 is 1.18 bits per heavy atom. The summed E-state index contributed by atoms with van der Waals surface area (Å²) in [5.74, 6) is 0. The smallest absolute Gasteiger partial charge is 0.106 e. The van der Waals surface area contributed by atoms with Gasteiger partial charge in [0, 0.05) is 0 Å². The van der Waals surface area contributed by atoms with Gasteiger partial charge in [-0.3, -0.25) is 0 Å². The first-order valence-electron chi connectivity index (χ1n) is 5.79. The van der Waals surface area contributed by atoms with Crippen LogP contribution >= 0.6 is 15.9 Å². The second kappa shape index (κ2) is 4.49. The maximum atomic E-state index is 4.23. The molecule has 0 aliphatic heterocycles. The Hall–Kier alpha value is -1.35. The lowest BCUT2D eigenvalue weighted by atomic mass is 10.1. The summed E-state index contributed by atoms with van der Waals surface area (Å²) in [4.78, 5) is 4.23. The van der Waals surface area contributed by atoms with Gasteiger partial charge >= 0.3 is 0 Å². The zero-order chi connectivity index (χ0) is 11.7. The molecule has 1 aromatic heterocycles. The molecule has 1 heterocycles. The van der Waals surface area contributed by atoms with E-state index in [9.17, 15) is 0 Å². The van der Waals surface area contributed by atoms with Crippen molar-refractivity contribution in [1.82, 2.24) is 4.98 Å². The van der Waals surface area contributed by atoms with Crippen LogP contribution in [0.5, 0.6) is 0 Å². The first-order valence-corrected chi connectivity index (χ1v) is 6.58. The Morgan fingerprint density at radius 2 is 2.06 bits per heavy atom. The van der Waals surface area contributed by atoms with Crippen molar-refractivity contribution in [1.29, 1.82) is 0 Å². The summed E-state index contributed by atoms with van der Waals surface area (Å²) in [6, 6.07) is 13.1. The zero-order valence-corrected chi connectivity index (χ0v) is 10.9. The van der Waals surface area contributed by atoms with Crippen LogP contribution in [0.2, 0.25) is 0 Å².